The highest BCUT2D eigenvalue weighted by atomic mass is 35.5. The number of nitrogens with zero attached hydrogens (tertiary/aromatic N) is 3. The zero-order valence-electron chi connectivity index (χ0n) is 22.8. The van der Waals surface area contributed by atoms with Crippen LogP contribution in [0.5, 0.6) is 0 Å². The van der Waals surface area contributed by atoms with Crippen molar-refractivity contribution >= 4 is 23.2 Å². The Labute approximate surface area is 231 Å². The number of anilines is 2. The Balaban J connectivity index is 1.35. The summed E-state index contributed by atoms with van der Waals surface area (Å²) in [6, 6.07) is 8.86. The van der Waals surface area contributed by atoms with Crippen LogP contribution in [0.15, 0.2) is 30.5 Å². The van der Waals surface area contributed by atoms with E-state index in [1.54, 1.807) is 20.4 Å². The van der Waals surface area contributed by atoms with Gasteiger partial charge in [-0.15, -0.1) is 0 Å². The van der Waals surface area contributed by atoms with E-state index in [2.05, 4.69) is 20.5 Å². The number of rotatable bonds is 13. The monoisotopic (exact) mass is 546 g/mol. The number of hydrogen-bond acceptors (Lipinski definition) is 9. The molecular weight excluding hydrogens is 504 g/mol. The smallest absolute Gasteiger partial charge is 0.126 e. The van der Waals surface area contributed by atoms with E-state index in [0.29, 0.717) is 36.9 Å². The largest absolute Gasteiger partial charge is 0.383 e. The summed E-state index contributed by atoms with van der Waals surface area (Å²) in [7, 11) is 3.51. The minimum atomic E-state index is -0.273. The molecule has 4 N–H and O–H groups in total. The van der Waals surface area contributed by atoms with Gasteiger partial charge >= 0.3 is 0 Å². The van der Waals surface area contributed by atoms with Gasteiger partial charge in [0.25, 0.3) is 0 Å². The van der Waals surface area contributed by atoms with Crippen LogP contribution in [0.3, 0.4) is 0 Å². The lowest BCUT2D eigenvalue weighted by molar-refractivity contribution is 0.0574. The molecule has 38 heavy (non-hydrogen) atoms. The van der Waals surface area contributed by atoms with Crippen molar-refractivity contribution in [2.75, 3.05) is 70.9 Å². The molecule has 4 rings (SSSR count). The maximum atomic E-state index is 6.57. The highest BCUT2D eigenvalue weighted by Crippen LogP contribution is 2.31. The maximum absolute atomic E-state index is 6.57. The summed E-state index contributed by atoms with van der Waals surface area (Å²) in [4.78, 5) is 11.9. The first-order valence-corrected chi connectivity index (χ1v) is 14.1. The maximum Gasteiger partial charge on any atom is 0.126 e. The number of nitrogens with two attached hydrogens (primary N) is 1. The van der Waals surface area contributed by atoms with Gasteiger partial charge in [-0.2, -0.15) is 0 Å². The van der Waals surface area contributed by atoms with Gasteiger partial charge in [0.15, 0.2) is 0 Å². The fourth-order valence-corrected chi connectivity index (χ4v) is 5.51. The summed E-state index contributed by atoms with van der Waals surface area (Å²) in [6.45, 7) is 5.42. The number of nitrogens with one attached hydrogen (secondary N) is 2. The molecule has 1 saturated carbocycles. The quantitative estimate of drug-likeness (QED) is 0.343. The van der Waals surface area contributed by atoms with Crippen molar-refractivity contribution in [1.82, 2.24) is 14.9 Å². The highest BCUT2D eigenvalue weighted by Gasteiger charge is 2.28. The Bertz CT molecular complexity index is 990. The van der Waals surface area contributed by atoms with Gasteiger partial charge in [0.05, 0.1) is 23.9 Å². The molecule has 2 aliphatic rings. The number of methoxy groups -OCH3 is 2. The molecule has 2 aromatic heterocycles. The molecule has 0 aromatic carbocycles. The molecule has 1 saturated heterocycles. The predicted octanol–water partition coefficient (Wildman–Crippen LogP) is 4.03. The lowest BCUT2D eigenvalue weighted by Gasteiger charge is -2.37. The van der Waals surface area contributed by atoms with Gasteiger partial charge in [0.1, 0.15) is 11.6 Å². The number of pyridine rings is 2. The molecule has 0 amide bonds. The normalized spacial score (nSPS) is 21.4. The molecular formula is C28H43ClN6O3. The van der Waals surface area contributed by atoms with Crippen molar-refractivity contribution in [1.29, 1.82) is 0 Å². The Kier molecular flexibility index (Phi) is 11.0. The van der Waals surface area contributed by atoms with Gasteiger partial charge in [-0.3, -0.25) is 4.90 Å². The summed E-state index contributed by atoms with van der Waals surface area (Å²) < 4.78 is 16.1. The second-order valence-electron chi connectivity index (χ2n) is 10.5. The van der Waals surface area contributed by atoms with Crippen molar-refractivity contribution in [3.63, 3.8) is 0 Å². The van der Waals surface area contributed by atoms with Crippen LogP contribution < -0.4 is 16.4 Å². The van der Waals surface area contributed by atoms with E-state index < -0.39 is 0 Å². The van der Waals surface area contributed by atoms with Crippen LogP contribution in [0.1, 0.15) is 38.5 Å². The molecule has 3 heterocycles. The van der Waals surface area contributed by atoms with Crippen LogP contribution in [0.2, 0.25) is 5.02 Å². The second kappa shape index (κ2) is 14.4. The summed E-state index contributed by atoms with van der Waals surface area (Å²) in [5, 5.41) is 7.64. The van der Waals surface area contributed by atoms with Crippen LogP contribution in [0.4, 0.5) is 11.6 Å². The lowest BCUT2D eigenvalue weighted by Crippen LogP contribution is -2.50. The van der Waals surface area contributed by atoms with Gasteiger partial charge in [-0.05, 0) is 56.7 Å². The van der Waals surface area contributed by atoms with Crippen molar-refractivity contribution in [2.24, 2.45) is 5.73 Å². The molecule has 2 fully saturated rings. The third kappa shape index (κ3) is 8.24. The van der Waals surface area contributed by atoms with Crippen LogP contribution >= 0.6 is 11.6 Å². The standard InChI is InChI=1S/C28H43ClN6O3/c1-36-16-12-35(13-17-37-2)22-8-6-21(7-9-22)33-27-18-23(24(29)19-31-27)25-4-3-5-26(34-25)32-20-28(30)10-14-38-15-11-28/h3-5,18-19,21-22H,6-17,20,30H2,1-2H3,(H,31,33)(H,32,34). The Hall–Kier alpha value is -2.01. The minimum Gasteiger partial charge on any atom is -0.383 e. The first-order valence-electron chi connectivity index (χ1n) is 13.7. The molecule has 2 aromatic rings. The third-order valence-electron chi connectivity index (χ3n) is 7.72. The van der Waals surface area contributed by atoms with E-state index >= 15 is 0 Å². The van der Waals surface area contributed by atoms with E-state index in [-0.39, 0.29) is 5.54 Å². The fraction of sp³-hybridized carbons (Fsp3) is 0.643. The Morgan fingerprint density at radius 1 is 1.08 bits per heavy atom. The molecule has 0 bridgehead atoms. The van der Waals surface area contributed by atoms with Gasteiger partial charge in [-0.1, -0.05) is 17.7 Å². The Morgan fingerprint density at radius 3 is 2.47 bits per heavy atom. The molecule has 1 aliphatic heterocycles. The average Bonchev–Trinajstić information content (AvgIpc) is 2.94. The summed E-state index contributed by atoms with van der Waals surface area (Å²) in [5.74, 6) is 1.61. The summed E-state index contributed by atoms with van der Waals surface area (Å²) in [6.07, 6.45) is 7.83. The first kappa shape index (κ1) is 29.0. The van der Waals surface area contributed by atoms with Gasteiger partial charge < -0.3 is 30.6 Å². The number of ether oxygens (including phenoxy) is 3. The molecule has 0 spiro atoms. The number of halogens is 1. The zero-order chi connectivity index (χ0) is 26.8. The van der Waals surface area contributed by atoms with E-state index in [1.165, 1.54) is 0 Å². The van der Waals surface area contributed by atoms with Gasteiger partial charge in [-0.25, -0.2) is 9.97 Å². The van der Waals surface area contributed by atoms with Crippen LogP contribution in [-0.4, -0.2) is 92.8 Å². The van der Waals surface area contributed by atoms with Crippen molar-refractivity contribution in [3.05, 3.63) is 35.5 Å². The molecule has 10 heteroatoms. The molecule has 0 radical (unpaired) electrons. The van der Waals surface area contributed by atoms with E-state index in [0.717, 1.165) is 87.7 Å². The number of aromatic nitrogens is 2. The molecule has 210 valence electrons. The third-order valence-corrected chi connectivity index (χ3v) is 8.02. The van der Waals surface area contributed by atoms with E-state index in [4.69, 9.17) is 36.5 Å². The second-order valence-corrected chi connectivity index (χ2v) is 10.9. The molecule has 0 atom stereocenters. The topological polar surface area (TPSA) is 107 Å². The molecule has 1 aliphatic carbocycles. The summed E-state index contributed by atoms with van der Waals surface area (Å²) >= 11 is 6.57. The fourth-order valence-electron chi connectivity index (χ4n) is 5.31. The highest BCUT2D eigenvalue weighted by molar-refractivity contribution is 6.33. The van der Waals surface area contributed by atoms with Crippen LogP contribution in [-0.2, 0) is 14.2 Å². The SMILES string of the molecule is COCCN(CCOC)C1CCC(Nc2cc(-c3cccc(NCC4(N)CCOCC4)n3)c(Cl)cn2)CC1. The minimum absolute atomic E-state index is 0.273. The Morgan fingerprint density at radius 2 is 1.79 bits per heavy atom. The van der Waals surface area contributed by atoms with Crippen molar-refractivity contribution in [3.8, 4) is 11.3 Å². The lowest BCUT2D eigenvalue weighted by atomic mass is 9.90. The van der Waals surface area contributed by atoms with E-state index in [1.807, 2.05) is 24.3 Å². The molecule has 9 nitrogen and oxygen atoms in total. The average molecular weight is 547 g/mol. The molecule has 0 unspecified atom stereocenters. The zero-order valence-corrected chi connectivity index (χ0v) is 23.5. The predicted molar refractivity (Wildman–Crippen MR) is 153 cm³/mol. The van der Waals surface area contributed by atoms with E-state index in [9.17, 15) is 0 Å². The van der Waals surface area contributed by atoms with Crippen molar-refractivity contribution in [2.45, 2.75) is 56.1 Å². The van der Waals surface area contributed by atoms with Crippen LogP contribution in [0, 0.1) is 0 Å². The van der Waals surface area contributed by atoms with Gasteiger partial charge in [0, 0.05) is 76.5 Å². The first-order chi connectivity index (χ1) is 18.5. The van der Waals surface area contributed by atoms with Crippen molar-refractivity contribution < 1.29 is 14.2 Å². The summed E-state index contributed by atoms with van der Waals surface area (Å²) in [5.41, 5.74) is 7.93. The number of hydrogen-bond donors (Lipinski definition) is 3. The van der Waals surface area contributed by atoms with Crippen LogP contribution in [0.25, 0.3) is 11.3 Å². The van der Waals surface area contributed by atoms with Gasteiger partial charge in [0.2, 0.25) is 0 Å².